The molecular weight excluding hydrogens is 271 g/mol. The number of benzene rings is 1. The van der Waals surface area contributed by atoms with Crippen LogP contribution in [0, 0.1) is 0 Å². The molecule has 0 fully saturated rings. The monoisotopic (exact) mass is 280 g/mol. The summed E-state index contributed by atoms with van der Waals surface area (Å²) in [7, 11) is 0. The minimum absolute atomic E-state index is 0.121. The fourth-order valence-corrected chi connectivity index (χ4v) is 1.90. The van der Waals surface area contributed by atoms with E-state index in [1.165, 1.54) is 5.56 Å². The average molecular weight is 282 g/mol. The highest BCUT2D eigenvalue weighted by molar-refractivity contribution is 9.10. The molecule has 0 saturated carbocycles. The molecule has 0 amide bonds. The van der Waals surface area contributed by atoms with Gasteiger partial charge >= 0.3 is 0 Å². The molecule has 0 radical (unpaired) electrons. The second-order valence-corrected chi connectivity index (χ2v) is 4.79. The van der Waals surface area contributed by atoms with Crippen LogP contribution < -0.4 is 0 Å². The molecule has 1 rings (SSSR count). The maximum Gasteiger partial charge on any atom is 0.0329 e. The molecule has 0 nitrogen and oxygen atoms in total. The highest BCUT2D eigenvalue weighted by atomic mass is 79.9. The SMILES string of the molecule is CC(CCl)(CCl)c1ccc(Br)cc1. The van der Waals surface area contributed by atoms with Gasteiger partial charge in [0.15, 0.2) is 0 Å². The van der Waals surface area contributed by atoms with Crippen LogP contribution in [0.1, 0.15) is 12.5 Å². The Balaban J connectivity index is 2.99. The Morgan fingerprint density at radius 2 is 1.62 bits per heavy atom. The third-order valence-electron chi connectivity index (χ3n) is 2.13. The Morgan fingerprint density at radius 1 is 1.15 bits per heavy atom. The molecule has 0 aliphatic rings. The fraction of sp³-hybridized carbons (Fsp3) is 0.400. The van der Waals surface area contributed by atoms with Gasteiger partial charge in [-0.3, -0.25) is 0 Å². The van der Waals surface area contributed by atoms with Gasteiger partial charge in [0.1, 0.15) is 0 Å². The van der Waals surface area contributed by atoms with Gasteiger partial charge in [0.25, 0.3) is 0 Å². The van der Waals surface area contributed by atoms with Crippen molar-refractivity contribution < 1.29 is 0 Å². The van der Waals surface area contributed by atoms with Crippen LogP contribution in [-0.2, 0) is 5.41 Å². The number of rotatable bonds is 3. The Labute approximate surface area is 97.4 Å². The van der Waals surface area contributed by atoms with Crippen LogP contribution in [0.25, 0.3) is 0 Å². The van der Waals surface area contributed by atoms with Gasteiger partial charge in [-0.05, 0) is 17.7 Å². The van der Waals surface area contributed by atoms with E-state index in [4.69, 9.17) is 23.2 Å². The van der Waals surface area contributed by atoms with E-state index in [9.17, 15) is 0 Å². The predicted molar refractivity (Wildman–Crippen MR) is 62.9 cm³/mol. The third kappa shape index (κ3) is 2.61. The minimum atomic E-state index is -0.121. The van der Waals surface area contributed by atoms with Crippen molar-refractivity contribution in [1.82, 2.24) is 0 Å². The van der Waals surface area contributed by atoms with Crippen molar-refractivity contribution in [1.29, 1.82) is 0 Å². The van der Waals surface area contributed by atoms with Gasteiger partial charge in [0.05, 0.1) is 0 Å². The summed E-state index contributed by atoms with van der Waals surface area (Å²) >= 11 is 15.2. The Bertz CT molecular complexity index is 265. The van der Waals surface area contributed by atoms with Gasteiger partial charge < -0.3 is 0 Å². The van der Waals surface area contributed by atoms with E-state index in [-0.39, 0.29) is 5.41 Å². The first-order valence-electron chi connectivity index (χ1n) is 4.00. The van der Waals surface area contributed by atoms with Crippen LogP contribution >= 0.6 is 39.1 Å². The van der Waals surface area contributed by atoms with Gasteiger partial charge in [0.2, 0.25) is 0 Å². The number of alkyl halides is 2. The molecule has 0 aliphatic heterocycles. The molecular formula is C10H11BrCl2. The van der Waals surface area contributed by atoms with Crippen LogP contribution in [-0.4, -0.2) is 11.8 Å². The summed E-state index contributed by atoms with van der Waals surface area (Å²) in [4.78, 5) is 0. The zero-order valence-corrected chi connectivity index (χ0v) is 10.5. The van der Waals surface area contributed by atoms with Crippen LogP contribution in [0.4, 0.5) is 0 Å². The van der Waals surface area contributed by atoms with Crippen LogP contribution in [0.3, 0.4) is 0 Å². The van der Waals surface area contributed by atoms with Crippen LogP contribution in [0.2, 0.25) is 0 Å². The molecule has 0 spiro atoms. The first-order chi connectivity index (χ1) is 6.12. The summed E-state index contributed by atoms with van der Waals surface area (Å²) in [5.41, 5.74) is 1.06. The highest BCUT2D eigenvalue weighted by Crippen LogP contribution is 2.27. The number of halogens is 3. The standard InChI is InChI=1S/C10H11BrCl2/c1-10(6-12,7-13)8-2-4-9(11)5-3-8/h2-5H,6-7H2,1H3. The van der Waals surface area contributed by atoms with Crippen molar-refractivity contribution in [2.45, 2.75) is 12.3 Å². The lowest BCUT2D eigenvalue weighted by molar-refractivity contribution is 0.605. The first-order valence-corrected chi connectivity index (χ1v) is 5.86. The smallest absolute Gasteiger partial charge is 0.0329 e. The molecule has 0 atom stereocenters. The molecule has 0 saturated heterocycles. The van der Waals surface area contributed by atoms with E-state index in [0.717, 1.165) is 4.47 Å². The first kappa shape index (κ1) is 11.4. The predicted octanol–water partition coefficient (Wildman–Crippen LogP) is 4.18. The van der Waals surface area contributed by atoms with Crippen molar-refractivity contribution >= 4 is 39.1 Å². The van der Waals surface area contributed by atoms with Crippen molar-refractivity contribution in [3.63, 3.8) is 0 Å². The van der Waals surface area contributed by atoms with Crippen LogP contribution in [0.5, 0.6) is 0 Å². The summed E-state index contributed by atoms with van der Waals surface area (Å²) < 4.78 is 1.07. The van der Waals surface area contributed by atoms with E-state index in [0.29, 0.717) is 11.8 Å². The lowest BCUT2D eigenvalue weighted by atomic mass is 9.87. The van der Waals surface area contributed by atoms with E-state index in [1.54, 1.807) is 0 Å². The molecule has 13 heavy (non-hydrogen) atoms. The van der Waals surface area contributed by atoms with Crippen molar-refractivity contribution in [3.05, 3.63) is 34.3 Å². The molecule has 1 aromatic rings. The fourth-order valence-electron chi connectivity index (χ4n) is 1.04. The summed E-state index contributed by atoms with van der Waals surface area (Å²) in [5, 5.41) is 0. The molecule has 1 aromatic carbocycles. The van der Waals surface area contributed by atoms with Gasteiger partial charge in [-0.25, -0.2) is 0 Å². The Kier molecular flexibility index (Phi) is 4.08. The average Bonchev–Trinajstić information content (AvgIpc) is 2.18. The number of hydrogen-bond acceptors (Lipinski definition) is 0. The quantitative estimate of drug-likeness (QED) is 0.729. The summed E-state index contributed by atoms with van der Waals surface area (Å²) in [6.07, 6.45) is 0. The molecule has 72 valence electrons. The van der Waals surface area contributed by atoms with Crippen molar-refractivity contribution in [3.8, 4) is 0 Å². The van der Waals surface area contributed by atoms with Crippen molar-refractivity contribution in [2.24, 2.45) is 0 Å². The molecule has 3 heteroatoms. The Morgan fingerprint density at radius 3 is 2.00 bits per heavy atom. The molecule has 0 bridgehead atoms. The molecule has 0 N–H and O–H groups in total. The summed E-state index contributed by atoms with van der Waals surface area (Å²) in [5.74, 6) is 1.08. The zero-order chi connectivity index (χ0) is 9.90. The van der Waals surface area contributed by atoms with Gasteiger partial charge in [-0.2, -0.15) is 0 Å². The second-order valence-electron chi connectivity index (χ2n) is 3.33. The lowest BCUT2D eigenvalue weighted by Crippen LogP contribution is -2.25. The van der Waals surface area contributed by atoms with Crippen LogP contribution in [0.15, 0.2) is 28.7 Å². The van der Waals surface area contributed by atoms with Gasteiger partial charge in [-0.1, -0.05) is 35.0 Å². The topological polar surface area (TPSA) is 0 Å². The highest BCUT2D eigenvalue weighted by Gasteiger charge is 2.24. The van der Waals surface area contributed by atoms with Gasteiger partial charge in [0, 0.05) is 21.6 Å². The van der Waals surface area contributed by atoms with E-state index >= 15 is 0 Å². The maximum absolute atomic E-state index is 5.89. The normalized spacial score (nSPS) is 11.7. The van der Waals surface area contributed by atoms with E-state index in [2.05, 4.69) is 35.0 Å². The van der Waals surface area contributed by atoms with Crippen molar-refractivity contribution in [2.75, 3.05) is 11.8 Å². The largest absolute Gasteiger partial charge is 0.126 e. The summed E-state index contributed by atoms with van der Waals surface area (Å²) in [6, 6.07) is 8.11. The van der Waals surface area contributed by atoms with E-state index < -0.39 is 0 Å². The lowest BCUT2D eigenvalue weighted by Gasteiger charge is -2.24. The second kappa shape index (κ2) is 4.68. The van der Waals surface area contributed by atoms with Gasteiger partial charge in [-0.15, -0.1) is 23.2 Å². The zero-order valence-electron chi connectivity index (χ0n) is 7.36. The summed E-state index contributed by atoms with van der Waals surface area (Å²) in [6.45, 7) is 2.07. The number of hydrogen-bond donors (Lipinski definition) is 0. The maximum atomic E-state index is 5.89. The molecule has 0 heterocycles. The molecule has 0 aromatic heterocycles. The Hall–Kier alpha value is 0.280. The molecule has 0 aliphatic carbocycles. The third-order valence-corrected chi connectivity index (χ3v) is 3.84. The molecule has 0 unspecified atom stereocenters. The van der Waals surface area contributed by atoms with E-state index in [1.807, 2.05) is 12.1 Å². The minimum Gasteiger partial charge on any atom is -0.126 e.